The number of anilines is 1. The first-order valence-electron chi connectivity index (χ1n) is 5.38. The molecule has 0 spiro atoms. The van der Waals surface area contributed by atoms with E-state index in [4.69, 9.17) is 11.6 Å². The Morgan fingerprint density at radius 2 is 1.93 bits per heavy atom. The Labute approximate surface area is 95.5 Å². The molecule has 4 heteroatoms. The first-order valence-corrected chi connectivity index (χ1v) is 5.76. The summed E-state index contributed by atoms with van der Waals surface area (Å²) in [4.78, 5) is 10.6. The van der Waals surface area contributed by atoms with Gasteiger partial charge in [0, 0.05) is 20.0 Å². The summed E-state index contributed by atoms with van der Waals surface area (Å²) >= 11 is 5.99. The van der Waals surface area contributed by atoms with Crippen LogP contribution in [-0.4, -0.2) is 24.1 Å². The second-order valence-corrected chi connectivity index (χ2v) is 4.68. The predicted molar refractivity (Wildman–Crippen MR) is 62.6 cm³/mol. The highest BCUT2D eigenvalue weighted by molar-refractivity contribution is 6.29. The van der Waals surface area contributed by atoms with Crippen LogP contribution in [0.15, 0.2) is 6.07 Å². The number of rotatable bonds is 2. The van der Waals surface area contributed by atoms with Crippen LogP contribution in [0.5, 0.6) is 0 Å². The van der Waals surface area contributed by atoms with Crippen LogP contribution >= 0.6 is 11.6 Å². The summed E-state index contributed by atoms with van der Waals surface area (Å²) in [5.74, 6) is 1.30. The molecule has 0 aromatic carbocycles. The van der Waals surface area contributed by atoms with E-state index in [-0.39, 0.29) is 0 Å². The molecule has 1 aromatic heterocycles. The number of hydrogen-bond donors (Lipinski definition) is 0. The number of nitrogens with zero attached hydrogens (tertiary/aromatic N) is 3. The Morgan fingerprint density at radius 3 is 2.53 bits per heavy atom. The molecule has 0 unspecified atom stereocenters. The minimum Gasteiger partial charge on any atom is -0.347 e. The van der Waals surface area contributed by atoms with Crippen molar-refractivity contribution in [3.05, 3.63) is 16.9 Å². The van der Waals surface area contributed by atoms with Crippen molar-refractivity contribution >= 4 is 17.5 Å². The maximum Gasteiger partial charge on any atom is 0.226 e. The van der Waals surface area contributed by atoms with Crippen molar-refractivity contribution in [2.24, 2.45) is 0 Å². The van der Waals surface area contributed by atoms with Crippen molar-refractivity contribution in [1.29, 1.82) is 0 Å². The molecule has 1 saturated carbocycles. The summed E-state index contributed by atoms with van der Waals surface area (Å²) in [6.45, 7) is 0. The molecular weight excluding hydrogens is 210 g/mol. The van der Waals surface area contributed by atoms with Crippen molar-refractivity contribution in [3.8, 4) is 0 Å². The third-order valence-electron chi connectivity index (χ3n) is 2.88. The summed E-state index contributed by atoms with van der Waals surface area (Å²) in [6, 6.07) is 1.91. The molecule has 1 aliphatic carbocycles. The van der Waals surface area contributed by atoms with Crippen molar-refractivity contribution in [3.63, 3.8) is 0 Å². The molecule has 0 bridgehead atoms. The van der Waals surface area contributed by atoms with Gasteiger partial charge in [-0.15, -0.1) is 0 Å². The van der Waals surface area contributed by atoms with Gasteiger partial charge in [-0.3, -0.25) is 0 Å². The Hall–Kier alpha value is -0.830. The zero-order chi connectivity index (χ0) is 10.8. The maximum absolute atomic E-state index is 5.99. The molecular formula is C11H16ClN3. The summed E-state index contributed by atoms with van der Waals surface area (Å²) in [7, 11) is 3.87. The van der Waals surface area contributed by atoms with Crippen LogP contribution in [-0.2, 0) is 0 Å². The Morgan fingerprint density at radius 1 is 1.27 bits per heavy atom. The summed E-state index contributed by atoms with van der Waals surface area (Å²) in [5, 5.41) is 0.551. The van der Waals surface area contributed by atoms with E-state index in [1.165, 1.54) is 25.7 Å². The quantitative estimate of drug-likeness (QED) is 0.725. The predicted octanol–water partition coefficient (Wildman–Crippen LogP) is 2.85. The molecule has 1 fully saturated rings. The molecule has 1 aromatic rings. The minimum atomic E-state index is 0.551. The first kappa shape index (κ1) is 10.7. The SMILES string of the molecule is CN(C)c1nc(Cl)cc(C2CCCC2)n1. The molecule has 0 N–H and O–H groups in total. The third kappa shape index (κ3) is 2.40. The van der Waals surface area contributed by atoms with Gasteiger partial charge in [0.15, 0.2) is 0 Å². The van der Waals surface area contributed by atoms with Crippen LogP contribution < -0.4 is 4.90 Å². The van der Waals surface area contributed by atoms with Crippen LogP contribution in [0.3, 0.4) is 0 Å². The lowest BCUT2D eigenvalue weighted by Gasteiger charge is -2.14. The van der Waals surface area contributed by atoms with E-state index in [9.17, 15) is 0 Å². The van der Waals surface area contributed by atoms with Gasteiger partial charge >= 0.3 is 0 Å². The molecule has 2 rings (SSSR count). The van der Waals surface area contributed by atoms with Crippen LogP contribution in [0.1, 0.15) is 37.3 Å². The van der Waals surface area contributed by atoms with Gasteiger partial charge in [0.25, 0.3) is 0 Å². The van der Waals surface area contributed by atoms with Gasteiger partial charge in [0.2, 0.25) is 5.95 Å². The number of halogens is 1. The average molecular weight is 226 g/mol. The van der Waals surface area contributed by atoms with Gasteiger partial charge in [0.1, 0.15) is 5.15 Å². The third-order valence-corrected chi connectivity index (χ3v) is 3.07. The standard InChI is InChI=1S/C11H16ClN3/c1-15(2)11-13-9(7-10(12)14-11)8-5-3-4-6-8/h7-8H,3-6H2,1-2H3. The zero-order valence-electron chi connectivity index (χ0n) is 9.20. The molecule has 15 heavy (non-hydrogen) atoms. The second-order valence-electron chi connectivity index (χ2n) is 4.29. The first-order chi connectivity index (χ1) is 7.16. The fourth-order valence-electron chi connectivity index (χ4n) is 2.05. The molecule has 0 radical (unpaired) electrons. The summed E-state index contributed by atoms with van der Waals surface area (Å²) in [5.41, 5.74) is 1.11. The van der Waals surface area contributed by atoms with E-state index in [0.29, 0.717) is 17.0 Å². The molecule has 0 aliphatic heterocycles. The minimum absolute atomic E-state index is 0.551. The van der Waals surface area contributed by atoms with Gasteiger partial charge < -0.3 is 4.90 Å². The number of hydrogen-bond acceptors (Lipinski definition) is 3. The Kier molecular flexibility index (Phi) is 3.10. The molecule has 3 nitrogen and oxygen atoms in total. The summed E-state index contributed by atoms with van der Waals surface area (Å²) < 4.78 is 0. The number of aromatic nitrogens is 2. The molecule has 1 aliphatic rings. The van der Waals surface area contributed by atoms with Gasteiger partial charge in [-0.05, 0) is 18.9 Å². The Balaban J connectivity index is 2.30. The largest absolute Gasteiger partial charge is 0.347 e. The summed E-state index contributed by atoms with van der Waals surface area (Å²) in [6.07, 6.45) is 5.09. The van der Waals surface area contributed by atoms with E-state index in [1.807, 2.05) is 25.1 Å². The van der Waals surface area contributed by atoms with E-state index >= 15 is 0 Å². The average Bonchev–Trinajstić information content (AvgIpc) is 2.69. The van der Waals surface area contributed by atoms with Crippen LogP contribution in [0.4, 0.5) is 5.95 Å². The van der Waals surface area contributed by atoms with Gasteiger partial charge in [0.05, 0.1) is 5.69 Å². The van der Waals surface area contributed by atoms with Crippen molar-refractivity contribution in [2.45, 2.75) is 31.6 Å². The highest BCUT2D eigenvalue weighted by Crippen LogP contribution is 2.34. The molecule has 1 heterocycles. The van der Waals surface area contributed by atoms with Gasteiger partial charge in [-0.2, -0.15) is 0 Å². The van der Waals surface area contributed by atoms with E-state index in [1.54, 1.807) is 0 Å². The molecule has 0 saturated heterocycles. The van der Waals surface area contributed by atoms with E-state index in [0.717, 1.165) is 5.69 Å². The second kappa shape index (κ2) is 4.35. The van der Waals surface area contributed by atoms with E-state index < -0.39 is 0 Å². The fraction of sp³-hybridized carbons (Fsp3) is 0.636. The van der Waals surface area contributed by atoms with E-state index in [2.05, 4.69) is 9.97 Å². The molecule has 0 amide bonds. The highest BCUT2D eigenvalue weighted by Gasteiger charge is 2.19. The van der Waals surface area contributed by atoms with Crippen LogP contribution in [0, 0.1) is 0 Å². The topological polar surface area (TPSA) is 29.0 Å². The van der Waals surface area contributed by atoms with Crippen LogP contribution in [0.2, 0.25) is 5.15 Å². The highest BCUT2D eigenvalue weighted by atomic mass is 35.5. The maximum atomic E-state index is 5.99. The zero-order valence-corrected chi connectivity index (χ0v) is 9.96. The lowest BCUT2D eigenvalue weighted by atomic mass is 10.0. The monoisotopic (exact) mass is 225 g/mol. The van der Waals surface area contributed by atoms with Crippen molar-refractivity contribution in [2.75, 3.05) is 19.0 Å². The lowest BCUT2D eigenvalue weighted by Crippen LogP contribution is -2.14. The molecule has 82 valence electrons. The normalized spacial score (nSPS) is 17.0. The van der Waals surface area contributed by atoms with Gasteiger partial charge in [-0.1, -0.05) is 24.4 Å². The van der Waals surface area contributed by atoms with Crippen LogP contribution in [0.25, 0.3) is 0 Å². The van der Waals surface area contributed by atoms with Gasteiger partial charge in [-0.25, -0.2) is 9.97 Å². The fourth-order valence-corrected chi connectivity index (χ4v) is 2.24. The van der Waals surface area contributed by atoms with Crippen molar-refractivity contribution < 1.29 is 0 Å². The lowest BCUT2D eigenvalue weighted by molar-refractivity contribution is 0.692. The van der Waals surface area contributed by atoms with Crippen molar-refractivity contribution in [1.82, 2.24) is 9.97 Å². The smallest absolute Gasteiger partial charge is 0.226 e. The Bertz CT molecular complexity index is 346. The molecule has 0 atom stereocenters.